The molecular weight excluding hydrogens is 222 g/mol. The maximum absolute atomic E-state index is 11.5. The Morgan fingerprint density at radius 3 is 3.06 bits per heavy atom. The van der Waals surface area contributed by atoms with Crippen LogP contribution in [0, 0.1) is 5.92 Å². The molecule has 90 valence electrons. The summed E-state index contributed by atoms with van der Waals surface area (Å²) in [6.07, 6.45) is 2.50. The van der Waals surface area contributed by atoms with Gasteiger partial charge in [-0.1, -0.05) is 13.0 Å². The minimum Gasteiger partial charge on any atom is -0.465 e. The van der Waals surface area contributed by atoms with Crippen LogP contribution in [-0.2, 0) is 16.0 Å². The van der Waals surface area contributed by atoms with Crippen molar-refractivity contribution in [1.29, 1.82) is 0 Å². The van der Waals surface area contributed by atoms with Crippen LogP contribution in [0.1, 0.15) is 24.6 Å². The van der Waals surface area contributed by atoms with Gasteiger partial charge in [0, 0.05) is 11.3 Å². The highest BCUT2D eigenvalue weighted by Crippen LogP contribution is 2.11. The Hall–Kier alpha value is -0.870. The van der Waals surface area contributed by atoms with Gasteiger partial charge < -0.3 is 10.5 Å². The molecule has 3 nitrogen and oxygen atoms in total. The van der Waals surface area contributed by atoms with E-state index in [1.54, 1.807) is 11.3 Å². The van der Waals surface area contributed by atoms with E-state index >= 15 is 0 Å². The number of hydrogen-bond donors (Lipinski definition) is 1. The summed E-state index contributed by atoms with van der Waals surface area (Å²) >= 11 is 1.69. The molecule has 0 aliphatic carbocycles. The molecular formula is C12H19NO2S. The van der Waals surface area contributed by atoms with E-state index in [0.717, 1.165) is 19.3 Å². The highest BCUT2D eigenvalue weighted by atomic mass is 32.1. The minimum absolute atomic E-state index is 0.0353. The van der Waals surface area contributed by atoms with Crippen LogP contribution in [0.25, 0.3) is 0 Å². The standard InChI is InChI=1S/C12H19NO2S/c1-10(4-2-7-13)12(14)15-8-6-11-5-3-9-16-11/h3,5,9-10H,2,4,6-8,13H2,1H3. The first kappa shape index (κ1) is 13.2. The average molecular weight is 241 g/mol. The van der Waals surface area contributed by atoms with Gasteiger partial charge in [-0.15, -0.1) is 11.3 Å². The van der Waals surface area contributed by atoms with Crippen molar-refractivity contribution in [3.05, 3.63) is 22.4 Å². The largest absolute Gasteiger partial charge is 0.465 e. The van der Waals surface area contributed by atoms with E-state index in [9.17, 15) is 4.79 Å². The lowest BCUT2D eigenvalue weighted by molar-refractivity contribution is -0.148. The van der Waals surface area contributed by atoms with Crippen LogP contribution in [-0.4, -0.2) is 19.1 Å². The van der Waals surface area contributed by atoms with Gasteiger partial charge in [-0.05, 0) is 30.8 Å². The normalized spacial score (nSPS) is 12.4. The van der Waals surface area contributed by atoms with E-state index in [-0.39, 0.29) is 11.9 Å². The van der Waals surface area contributed by atoms with Gasteiger partial charge >= 0.3 is 5.97 Å². The average Bonchev–Trinajstić information content (AvgIpc) is 2.78. The van der Waals surface area contributed by atoms with Crippen molar-refractivity contribution < 1.29 is 9.53 Å². The Bertz CT molecular complexity index is 298. The van der Waals surface area contributed by atoms with Crippen LogP contribution in [0.3, 0.4) is 0 Å². The molecule has 0 bridgehead atoms. The number of carbonyl (C=O) groups is 1. The van der Waals surface area contributed by atoms with Gasteiger partial charge in [0.05, 0.1) is 12.5 Å². The van der Waals surface area contributed by atoms with Crippen LogP contribution >= 0.6 is 11.3 Å². The van der Waals surface area contributed by atoms with Gasteiger partial charge in [0.15, 0.2) is 0 Å². The van der Waals surface area contributed by atoms with Gasteiger partial charge in [-0.3, -0.25) is 4.79 Å². The van der Waals surface area contributed by atoms with E-state index in [2.05, 4.69) is 6.07 Å². The van der Waals surface area contributed by atoms with E-state index in [1.165, 1.54) is 4.88 Å². The third kappa shape index (κ3) is 4.77. The number of nitrogens with two attached hydrogens (primary N) is 1. The van der Waals surface area contributed by atoms with E-state index in [1.807, 2.05) is 18.4 Å². The third-order valence-corrected chi connectivity index (χ3v) is 3.35. The lowest BCUT2D eigenvalue weighted by Crippen LogP contribution is -2.17. The van der Waals surface area contributed by atoms with E-state index in [0.29, 0.717) is 13.2 Å². The third-order valence-electron chi connectivity index (χ3n) is 2.42. The first-order valence-electron chi connectivity index (χ1n) is 5.63. The first-order valence-corrected chi connectivity index (χ1v) is 6.51. The molecule has 0 saturated carbocycles. The molecule has 0 saturated heterocycles. The fourth-order valence-corrected chi connectivity index (χ4v) is 2.08. The fourth-order valence-electron chi connectivity index (χ4n) is 1.39. The molecule has 1 rings (SSSR count). The Morgan fingerprint density at radius 2 is 2.44 bits per heavy atom. The van der Waals surface area contributed by atoms with Crippen molar-refractivity contribution in [2.24, 2.45) is 11.7 Å². The second-order valence-electron chi connectivity index (χ2n) is 3.83. The number of esters is 1. The Labute approximate surface area is 101 Å². The number of ether oxygens (including phenoxy) is 1. The Morgan fingerprint density at radius 1 is 1.62 bits per heavy atom. The zero-order valence-corrected chi connectivity index (χ0v) is 10.5. The minimum atomic E-state index is -0.106. The first-order chi connectivity index (χ1) is 7.74. The van der Waals surface area contributed by atoms with Crippen LogP contribution < -0.4 is 5.73 Å². The molecule has 1 aromatic heterocycles. The molecule has 16 heavy (non-hydrogen) atoms. The second-order valence-corrected chi connectivity index (χ2v) is 4.86. The molecule has 2 N–H and O–H groups in total. The van der Waals surface area contributed by atoms with Crippen molar-refractivity contribution in [3.63, 3.8) is 0 Å². The lowest BCUT2D eigenvalue weighted by Gasteiger charge is -2.10. The number of hydrogen-bond acceptors (Lipinski definition) is 4. The molecule has 0 amide bonds. The monoisotopic (exact) mass is 241 g/mol. The van der Waals surface area contributed by atoms with Crippen molar-refractivity contribution in [2.45, 2.75) is 26.2 Å². The van der Waals surface area contributed by atoms with Crippen LogP contribution in [0.15, 0.2) is 17.5 Å². The summed E-state index contributed by atoms with van der Waals surface area (Å²) in [7, 11) is 0. The van der Waals surface area contributed by atoms with Crippen molar-refractivity contribution in [1.82, 2.24) is 0 Å². The van der Waals surface area contributed by atoms with Crippen LogP contribution in [0.4, 0.5) is 0 Å². The summed E-state index contributed by atoms with van der Waals surface area (Å²) < 4.78 is 5.20. The molecule has 0 aliphatic rings. The maximum atomic E-state index is 11.5. The van der Waals surface area contributed by atoms with E-state index < -0.39 is 0 Å². The molecule has 0 radical (unpaired) electrons. The maximum Gasteiger partial charge on any atom is 0.308 e. The summed E-state index contributed by atoms with van der Waals surface area (Å²) in [6.45, 7) is 3.00. The summed E-state index contributed by atoms with van der Waals surface area (Å²) in [5.74, 6) is -0.142. The highest BCUT2D eigenvalue weighted by molar-refractivity contribution is 7.09. The SMILES string of the molecule is CC(CCCN)C(=O)OCCc1cccs1. The predicted molar refractivity (Wildman–Crippen MR) is 66.4 cm³/mol. The molecule has 1 unspecified atom stereocenters. The molecule has 1 heterocycles. The van der Waals surface area contributed by atoms with Gasteiger partial charge in [-0.2, -0.15) is 0 Å². The van der Waals surface area contributed by atoms with Crippen LogP contribution in [0.5, 0.6) is 0 Å². The van der Waals surface area contributed by atoms with E-state index in [4.69, 9.17) is 10.5 Å². The molecule has 0 spiro atoms. The van der Waals surface area contributed by atoms with Crippen molar-refractivity contribution in [2.75, 3.05) is 13.2 Å². The number of rotatable bonds is 7. The van der Waals surface area contributed by atoms with Gasteiger partial charge in [0.1, 0.15) is 0 Å². The summed E-state index contributed by atoms with van der Waals surface area (Å²) in [5, 5.41) is 2.03. The molecule has 4 heteroatoms. The zero-order chi connectivity index (χ0) is 11.8. The molecule has 0 fully saturated rings. The van der Waals surface area contributed by atoms with Crippen molar-refractivity contribution in [3.8, 4) is 0 Å². The zero-order valence-electron chi connectivity index (χ0n) is 9.65. The fraction of sp³-hybridized carbons (Fsp3) is 0.583. The summed E-state index contributed by atoms with van der Waals surface area (Å²) in [6, 6.07) is 4.06. The van der Waals surface area contributed by atoms with Gasteiger partial charge in [0.25, 0.3) is 0 Å². The number of thiophene rings is 1. The quantitative estimate of drug-likeness (QED) is 0.745. The molecule has 0 aliphatic heterocycles. The number of carbonyl (C=O) groups excluding carboxylic acids is 1. The lowest BCUT2D eigenvalue weighted by atomic mass is 10.1. The topological polar surface area (TPSA) is 52.3 Å². The van der Waals surface area contributed by atoms with Gasteiger partial charge in [0.2, 0.25) is 0 Å². The summed E-state index contributed by atoms with van der Waals surface area (Å²) in [5.41, 5.74) is 5.39. The highest BCUT2D eigenvalue weighted by Gasteiger charge is 2.13. The smallest absolute Gasteiger partial charge is 0.308 e. The molecule has 1 aromatic rings. The Balaban J connectivity index is 2.14. The second kappa shape index (κ2) is 7.41. The molecule has 1 atom stereocenters. The molecule has 0 aromatic carbocycles. The van der Waals surface area contributed by atoms with Crippen LogP contribution in [0.2, 0.25) is 0 Å². The van der Waals surface area contributed by atoms with Crippen molar-refractivity contribution >= 4 is 17.3 Å². The Kier molecular flexibility index (Phi) is 6.11. The van der Waals surface area contributed by atoms with Gasteiger partial charge in [-0.25, -0.2) is 0 Å². The summed E-state index contributed by atoms with van der Waals surface area (Å²) in [4.78, 5) is 12.8. The predicted octanol–water partition coefficient (Wildman–Crippen LogP) is 2.21.